The van der Waals surface area contributed by atoms with Crippen molar-refractivity contribution >= 4 is 17.8 Å². The van der Waals surface area contributed by atoms with Crippen molar-refractivity contribution in [2.24, 2.45) is 0 Å². The van der Waals surface area contributed by atoms with Crippen molar-refractivity contribution in [2.45, 2.75) is 25.9 Å². The molecule has 1 aliphatic rings. The molecule has 1 aliphatic heterocycles. The molecule has 0 bridgehead atoms. The number of rotatable bonds is 5. The lowest BCUT2D eigenvalue weighted by molar-refractivity contribution is -0.138. The molecule has 2 aromatic rings. The van der Waals surface area contributed by atoms with E-state index in [9.17, 15) is 14.4 Å². The van der Waals surface area contributed by atoms with Gasteiger partial charge in [-0.25, -0.2) is 4.79 Å². The fourth-order valence-corrected chi connectivity index (χ4v) is 3.03. The maximum Gasteiger partial charge on any atom is 0.325 e. The highest BCUT2D eigenvalue weighted by atomic mass is 16.2. The van der Waals surface area contributed by atoms with Gasteiger partial charge in [0.25, 0.3) is 5.91 Å². The number of hydrogen-bond acceptors (Lipinski definition) is 4. The first-order chi connectivity index (χ1) is 12.8. The summed E-state index contributed by atoms with van der Waals surface area (Å²) < 4.78 is 0. The normalized spacial score (nSPS) is 19.1. The molecule has 0 radical (unpaired) electrons. The van der Waals surface area contributed by atoms with Gasteiger partial charge in [-0.1, -0.05) is 35.9 Å². The Balaban J connectivity index is 1.71. The fourth-order valence-electron chi connectivity index (χ4n) is 3.03. The van der Waals surface area contributed by atoms with E-state index in [1.165, 1.54) is 4.90 Å². The monoisotopic (exact) mass is 366 g/mol. The van der Waals surface area contributed by atoms with E-state index in [1.54, 1.807) is 32.4 Å². The van der Waals surface area contributed by atoms with Crippen LogP contribution in [0.15, 0.2) is 48.8 Å². The fraction of sp³-hybridized carbons (Fsp3) is 0.300. The molecule has 1 aromatic carbocycles. The van der Waals surface area contributed by atoms with E-state index in [0.717, 1.165) is 16.0 Å². The average Bonchev–Trinajstić information content (AvgIpc) is 2.87. The Bertz CT molecular complexity index is 867. The molecule has 0 saturated carbocycles. The van der Waals surface area contributed by atoms with Crippen molar-refractivity contribution in [1.29, 1.82) is 0 Å². The summed E-state index contributed by atoms with van der Waals surface area (Å²) in [6.07, 6.45) is 3.33. The first kappa shape index (κ1) is 18.6. The number of amides is 4. The van der Waals surface area contributed by atoms with Gasteiger partial charge in [-0.3, -0.25) is 19.5 Å². The molecular formula is C20H22N4O3. The van der Waals surface area contributed by atoms with Crippen LogP contribution in [0.1, 0.15) is 23.6 Å². The van der Waals surface area contributed by atoms with Crippen molar-refractivity contribution in [3.05, 3.63) is 65.5 Å². The summed E-state index contributed by atoms with van der Waals surface area (Å²) in [5, 5.41) is 2.72. The minimum Gasteiger partial charge on any atom is -0.340 e. The minimum atomic E-state index is -1.17. The zero-order valence-electron chi connectivity index (χ0n) is 15.6. The van der Waals surface area contributed by atoms with E-state index in [2.05, 4.69) is 10.3 Å². The molecule has 1 N–H and O–H groups in total. The van der Waals surface area contributed by atoms with E-state index >= 15 is 0 Å². The van der Waals surface area contributed by atoms with E-state index in [0.29, 0.717) is 12.1 Å². The summed E-state index contributed by atoms with van der Waals surface area (Å²) in [7, 11) is 1.63. The highest BCUT2D eigenvalue weighted by Crippen LogP contribution is 2.29. The maximum atomic E-state index is 12.9. The summed E-state index contributed by atoms with van der Waals surface area (Å²) in [4.78, 5) is 44.3. The first-order valence-electron chi connectivity index (χ1n) is 8.65. The molecule has 1 fully saturated rings. The van der Waals surface area contributed by atoms with E-state index < -0.39 is 17.5 Å². The van der Waals surface area contributed by atoms with Crippen LogP contribution in [0.25, 0.3) is 0 Å². The largest absolute Gasteiger partial charge is 0.340 e. The van der Waals surface area contributed by atoms with Crippen LogP contribution in [0.5, 0.6) is 0 Å². The summed E-state index contributed by atoms with van der Waals surface area (Å²) in [6.45, 7) is 3.65. The molecule has 7 heteroatoms. The van der Waals surface area contributed by atoms with Gasteiger partial charge in [-0.2, -0.15) is 0 Å². The summed E-state index contributed by atoms with van der Waals surface area (Å²) in [5.74, 6) is -0.755. The predicted octanol–water partition coefficient (Wildman–Crippen LogP) is 1.82. The minimum absolute atomic E-state index is 0.303. The third-order valence-electron chi connectivity index (χ3n) is 4.77. The van der Waals surface area contributed by atoms with Gasteiger partial charge in [0.2, 0.25) is 5.91 Å². The number of imide groups is 1. The molecule has 1 aromatic heterocycles. The van der Waals surface area contributed by atoms with Gasteiger partial charge in [0, 0.05) is 26.0 Å². The highest BCUT2D eigenvalue weighted by Gasteiger charge is 2.49. The summed E-state index contributed by atoms with van der Waals surface area (Å²) >= 11 is 0. The Labute approximate surface area is 158 Å². The Morgan fingerprint density at radius 1 is 1.22 bits per heavy atom. The SMILES string of the molecule is Cc1ccc(C2(C)NC(=O)N(CC(=O)N(C)Cc3cccnc3)C2=O)cc1. The molecule has 140 valence electrons. The Hall–Kier alpha value is -3.22. The standard InChI is InChI=1S/C20H22N4O3/c1-14-6-8-16(9-7-14)20(2)18(26)24(19(27)22-20)13-17(25)23(3)12-15-5-4-10-21-11-15/h4-11H,12-13H2,1-3H3,(H,22,27). The van der Waals surface area contributed by atoms with Gasteiger partial charge in [0.1, 0.15) is 12.1 Å². The third kappa shape index (κ3) is 3.67. The topological polar surface area (TPSA) is 82.6 Å². The number of nitrogens with zero attached hydrogens (tertiary/aromatic N) is 3. The van der Waals surface area contributed by atoms with Gasteiger partial charge in [0.15, 0.2) is 0 Å². The lowest BCUT2D eigenvalue weighted by atomic mass is 9.91. The summed E-state index contributed by atoms with van der Waals surface area (Å²) in [6, 6.07) is 10.5. The van der Waals surface area contributed by atoms with Crippen molar-refractivity contribution in [3.63, 3.8) is 0 Å². The molecule has 1 unspecified atom stereocenters. The smallest absolute Gasteiger partial charge is 0.325 e. The van der Waals surface area contributed by atoms with Crippen LogP contribution in [-0.4, -0.2) is 46.2 Å². The number of aryl methyl sites for hydroxylation is 1. The van der Waals surface area contributed by atoms with Crippen LogP contribution in [0.3, 0.4) is 0 Å². The second-order valence-electron chi connectivity index (χ2n) is 6.92. The third-order valence-corrected chi connectivity index (χ3v) is 4.77. The number of aromatic nitrogens is 1. The number of benzene rings is 1. The average molecular weight is 366 g/mol. The predicted molar refractivity (Wildman–Crippen MR) is 99.5 cm³/mol. The second kappa shape index (κ2) is 7.19. The molecule has 4 amide bonds. The number of carbonyl (C=O) groups excluding carboxylic acids is 3. The second-order valence-corrected chi connectivity index (χ2v) is 6.92. The zero-order valence-corrected chi connectivity index (χ0v) is 15.6. The van der Waals surface area contributed by atoms with Gasteiger partial charge in [-0.05, 0) is 31.0 Å². The van der Waals surface area contributed by atoms with Crippen molar-refractivity contribution in [3.8, 4) is 0 Å². The Morgan fingerprint density at radius 2 is 1.93 bits per heavy atom. The first-order valence-corrected chi connectivity index (χ1v) is 8.65. The van der Waals surface area contributed by atoms with Crippen molar-refractivity contribution in [1.82, 2.24) is 20.1 Å². The van der Waals surface area contributed by atoms with Crippen LogP contribution in [0, 0.1) is 6.92 Å². The number of nitrogens with one attached hydrogen (secondary N) is 1. The van der Waals surface area contributed by atoms with Gasteiger partial charge in [0.05, 0.1) is 0 Å². The van der Waals surface area contributed by atoms with Gasteiger partial charge in [-0.15, -0.1) is 0 Å². The lowest BCUT2D eigenvalue weighted by Gasteiger charge is -2.23. The van der Waals surface area contributed by atoms with Crippen molar-refractivity contribution in [2.75, 3.05) is 13.6 Å². The zero-order chi connectivity index (χ0) is 19.6. The number of carbonyl (C=O) groups is 3. The Kier molecular flexibility index (Phi) is 4.94. The quantitative estimate of drug-likeness (QED) is 0.818. The molecule has 0 spiro atoms. The van der Waals surface area contributed by atoms with Gasteiger partial charge >= 0.3 is 6.03 Å². The summed E-state index contributed by atoms with van der Waals surface area (Å²) in [5.41, 5.74) is 1.44. The highest BCUT2D eigenvalue weighted by molar-refractivity contribution is 6.09. The number of hydrogen-bond donors (Lipinski definition) is 1. The number of pyridine rings is 1. The van der Waals surface area contributed by atoms with E-state index in [1.807, 2.05) is 37.3 Å². The number of urea groups is 1. The van der Waals surface area contributed by atoms with E-state index in [-0.39, 0.29) is 12.5 Å². The molecule has 7 nitrogen and oxygen atoms in total. The maximum absolute atomic E-state index is 12.9. The molecule has 1 atom stereocenters. The van der Waals surface area contributed by atoms with E-state index in [4.69, 9.17) is 0 Å². The molecule has 27 heavy (non-hydrogen) atoms. The molecule has 3 rings (SSSR count). The molecule has 0 aliphatic carbocycles. The van der Waals surface area contributed by atoms with Crippen LogP contribution in [-0.2, 0) is 21.7 Å². The molecule has 1 saturated heterocycles. The molecule has 2 heterocycles. The van der Waals surface area contributed by atoms with Gasteiger partial charge < -0.3 is 10.2 Å². The van der Waals surface area contributed by atoms with Crippen LogP contribution >= 0.6 is 0 Å². The lowest BCUT2D eigenvalue weighted by Crippen LogP contribution is -2.43. The van der Waals surface area contributed by atoms with Crippen LogP contribution in [0.4, 0.5) is 4.79 Å². The number of likely N-dealkylation sites (N-methyl/N-ethyl adjacent to an activating group) is 1. The Morgan fingerprint density at radius 3 is 2.56 bits per heavy atom. The van der Waals surface area contributed by atoms with Crippen LogP contribution < -0.4 is 5.32 Å². The van der Waals surface area contributed by atoms with Crippen LogP contribution in [0.2, 0.25) is 0 Å². The van der Waals surface area contributed by atoms with Crippen molar-refractivity contribution < 1.29 is 14.4 Å². The molecular weight excluding hydrogens is 344 g/mol.